The third kappa shape index (κ3) is 29.5. The van der Waals surface area contributed by atoms with Crippen molar-refractivity contribution in [2.75, 3.05) is 24.0 Å². The summed E-state index contributed by atoms with van der Waals surface area (Å²) < 4.78 is 0. The largest absolute Gasteiger partial charge is 0.480 e. The minimum absolute atomic E-state index is 0. The van der Waals surface area contributed by atoms with Crippen LogP contribution in [0.15, 0.2) is 12.7 Å². The van der Waals surface area contributed by atoms with Crippen LogP contribution in [0.3, 0.4) is 0 Å². The van der Waals surface area contributed by atoms with Crippen molar-refractivity contribution < 1.29 is 29.7 Å². The molecule has 24 heavy (non-hydrogen) atoms. The lowest BCUT2D eigenvalue weighted by atomic mass is 10.2. The van der Waals surface area contributed by atoms with E-state index in [1.807, 2.05) is 12.5 Å². The summed E-state index contributed by atoms with van der Waals surface area (Å²) in [5, 5.41) is 24.2. The molecular formula is C13H28MgN2O6S2. The average molecular weight is 397 g/mol. The van der Waals surface area contributed by atoms with Crippen LogP contribution in [-0.2, 0) is 14.4 Å². The van der Waals surface area contributed by atoms with Crippen molar-refractivity contribution in [2.45, 2.75) is 24.9 Å². The summed E-state index contributed by atoms with van der Waals surface area (Å²) in [4.78, 5) is 29.4. The zero-order chi connectivity index (χ0) is 18.8. The van der Waals surface area contributed by atoms with E-state index in [4.69, 9.17) is 26.8 Å². The van der Waals surface area contributed by atoms with Crippen molar-refractivity contribution >= 4 is 64.5 Å². The lowest BCUT2D eigenvalue weighted by Gasteiger charge is -2.02. The highest BCUT2D eigenvalue weighted by Gasteiger charge is 2.09. The molecule has 140 valence electrons. The highest BCUT2D eigenvalue weighted by Crippen LogP contribution is 1.98. The molecule has 0 aliphatic carbocycles. The normalized spacial score (nSPS) is 11.2. The number of rotatable bonds is 9. The Balaban J connectivity index is -0.000000128. The zero-order valence-electron chi connectivity index (χ0n) is 13.3. The van der Waals surface area contributed by atoms with Gasteiger partial charge in [0.25, 0.3) is 0 Å². The van der Waals surface area contributed by atoms with Crippen molar-refractivity contribution in [3.63, 3.8) is 0 Å². The zero-order valence-corrected chi connectivity index (χ0v) is 14.9. The van der Waals surface area contributed by atoms with Crippen molar-refractivity contribution in [1.82, 2.24) is 0 Å². The average Bonchev–Trinajstić information content (AvgIpc) is 2.50. The Morgan fingerprint density at radius 2 is 1.21 bits per heavy atom. The molecule has 0 amide bonds. The predicted molar refractivity (Wildman–Crippen MR) is 104 cm³/mol. The number of hydrogen-bond acceptors (Lipinski definition) is 7. The van der Waals surface area contributed by atoms with E-state index in [-0.39, 0.29) is 23.1 Å². The lowest BCUT2D eigenvalue weighted by molar-refractivity contribution is -0.139. The number of carboxylic acids is 3. The van der Waals surface area contributed by atoms with Gasteiger partial charge in [-0.3, -0.25) is 9.59 Å². The maximum Gasteiger partial charge on any atom is 0.327 e. The number of carboxylic acid groups (broad SMARTS) is 3. The Hall–Kier alpha value is -0.464. The van der Waals surface area contributed by atoms with Crippen LogP contribution in [0.25, 0.3) is 0 Å². The third-order valence-electron chi connectivity index (χ3n) is 2.07. The highest BCUT2D eigenvalue weighted by atomic mass is 32.2. The standard InChI is InChI=1S/2C5H11NO2S.C3H4O2.Mg.2H/c2*1-9-3-2-4(6)5(7)8;1-2-3(4)5;;;/h2*4H,2-3,6H2,1H3,(H,7,8);2H,1H2,(H,4,5);;;/t2*4-;;;;/m00..../s1. The maximum absolute atomic E-state index is 10.1. The smallest absolute Gasteiger partial charge is 0.327 e. The van der Waals surface area contributed by atoms with Crippen molar-refractivity contribution in [3.05, 3.63) is 12.7 Å². The lowest BCUT2D eigenvalue weighted by Crippen LogP contribution is -2.30. The van der Waals surface area contributed by atoms with Crippen molar-refractivity contribution in [1.29, 1.82) is 0 Å². The molecule has 0 spiro atoms. The molecule has 0 heterocycles. The summed E-state index contributed by atoms with van der Waals surface area (Å²) in [5.74, 6) is -1.18. The van der Waals surface area contributed by atoms with Crippen LogP contribution in [0.1, 0.15) is 12.8 Å². The summed E-state index contributed by atoms with van der Waals surface area (Å²) >= 11 is 3.21. The Bertz CT molecular complexity index is 337. The summed E-state index contributed by atoms with van der Waals surface area (Å²) in [7, 11) is 0. The van der Waals surface area contributed by atoms with Gasteiger partial charge in [-0.25, -0.2) is 4.79 Å². The first-order valence-corrected chi connectivity index (χ1v) is 9.22. The summed E-state index contributed by atoms with van der Waals surface area (Å²) in [6.07, 6.45) is 5.79. The van der Waals surface area contributed by atoms with Gasteiger partial charge in [0.15, 0.2) is 0 Å². The van der Waals surface area contributed by atoms with Crippen LogP contribution in [-0.4, -0.2) is 92.4 Å². The van der Waals surface area contributed by atoms with Crippen LogP contribution in [0.5, 0.6) is 0 Å². The second-order valence-corrected chi connectivity index (χ2v) is 5.97. The number of nitrogens with two attached hydrogens (primary N) is 2. The molecule has 8 nitrogen and oxygen atoms in total. The van der Waals surface area contributed by atoms with Crippen LogP contribution in [0.4, 0.5) is 0 Å². The molecule has 2 atom stereocenters. The van der Waals surface area contributed by atoms with E-state index in [1.54, 1.807) is 23.5 Å². The van der Waals surface area contributed by atoms with Gasteiger partial charge in [-0.2, -0.15) is 23.5 Å². The Morgan fingerprint density at radius 3 is 1.33 bits per heavy atom. The number of thioether (sulfide) groups is 2. The molecule has 0 bridgehead atoms. The number of hydrogen-bond donors (Lipinski definition) is 5. The molecule has 11 heteroatoms. The fourth-order valence-corrected chi connectivity index (χ4v) is 1.72. The minimum atomic E-state index is -0.981. The van der Waals surface area contributed by atoms with E-state index >= 15 is 0 Å². The van der Waals surface area contributed by atoms with Crippen LogP contribution in [0, 0.1) is 0 Å². The third-order valence-corrected chi connectivity index (χ3v) is 3.36. The first kappa shape index (κ1) is 31.3. The van der Waals surface area contributed by atoms with E-state index in [0.29, 0.717) is 12.8 Å². The van der Waals surface area contributed by atoms with Gasteiger partial charge in [0, 0.05) is 6.08 Å². The van der Waals surface area contributed by atoms with Crippen molar-refractivity contribution in [2.24, 2.45) is 11.5 Å². The molecule has 0 saturated carbocycles. The predicted octanol–water partition coefficient (Wildman–Crippen LogP) is -0.356. The molecule has 0 aromatic carbocycles. The molecule has 0 fully saturated rings. The molecule has 0 aromatic heterocycles. The second-order valence-electron chi connectivity index (χ2n) is 3.99. The molecule has 0 saturated heterocycles. The van der Waals surface area contributed by atoms with Crippen molar-refractivity contribution in [3.8, 4) is 0 Å². The molecule has 0 rings (SSSR count). The summed E-state index contributed by atoms with van der Waals surface area (Å²) in [5.41, 5.74) is 10.4. The van der Waals surface area contributed by atoms with Gasteiger partial charge in [0.1, 0.15) is 12.1 Å². The molecular weight excluding hydrogens is 369 g/mol. The Kier molecular flexibility index (Phi) is 29.4. The number of aliphatic carboxylic acids is 3. The first-order chi connectivity index (χ1) is 10.6. The van der Waals surface area contributed by atoms with Gasteiger partial charge in [-0.1, -0.05) is 6.58 Å². The minimum Gasteiger partial charge on any atom is -0.480 e. The van der Waals surface area contributed by atoms with Gasteiger partial charge >= 0.3 is 41.0 Å². The van der Waals surface area contributed by atoms with Crippen LogP contribution >= 0.6 is 23.5 Å². The van der Waals surface area contributed by atoms with Crippen LogP contribution < -0.4 is 11.5 Å². The topological polar surface area (TPSA) is 164 Å². The van der Waals surface area contributed by atoms with E-state index in [2.05, 4.69) is 6.58 Å². The van der Waals surface area contributed by atoms with Crippen LogP contribution in [0.2, 0.25) is 0 Å². The highest BCUT2D eigenvalue weighted by molar-refractivity contribution is 7.98. The van der Waals surface area contributed by atoms with Gasteiger partial charge in [0.2, 0.25) is 0 Å². The molecule has 0 aliphatic rings. The van der Waals surface area contributed by atoms with Gasteiger partial charge < -0.3 is 26.8 Å². The molecule has 0 radical (unpaired) electrons. The summed E-state index contributed by atoms with van der Waals surface area (Å²) in [6, 6.07) is -1.37. The number of carbonyl (C=O) groups is 3. The van der Waals surface area contributed by atoms with E-state index in [9.17, 15) is 14.4 Å². The first-order valence-electron chi connectivity index (χ1n) is 6.43. The Labute approximate surface area is 167 Å². The molecule has 7 N–H and O–H groups in total. The fourth-order valence-electron chi connectivity index (χ4n) is 0.737. The molecule has 0 aromatic rings. The molecule has 0 aliphatic heterocycles. The monoisotopic (exact) mass is 396 g/mol. The SMILES string of the molecule is C=CC(=O)O.CSCC[C@H](N)C(=O)O.CSCC[C@H](N)C(=O)O.[MgH2]. The van der Waals surface area contributed by atoms with Gasteiger partial charge in [0.05, 0.1) is 0 Å². The molecule has 0 unspecified atom stereocenters. The fraction of sp³-hybridized carbons (Fsp3) is 0.615. The second kappa shape index (κ2) is 22.5. The quantitative estimate of drug-likeness (QED) is 0.257. The van der Waals surface area contributed by atoms with E-state index in [1.165, 1.54) is 0 Å². The van der Waals surface area contributed by atoms with Gasteiger partial charge in [-0.15, -0.1) is 0 Å². The van der Waals surface area contributed by atoms with Gasteiger partial charge in [-0.05, 0) is 36.9 Å². The van der Waals surface area contributed by atoms with E-state index < -0.39 is 30.0 Å². The summed E-state index contributed by atoms with van der Waals surface area (Å²) in [6.45, 7) is 2.96. The van der Waals surface area contributed by atoms with E-state index in [0.717, 1.165) is 17.6 Å². The Morgan fingerprint density at radius 1 is 0.958 bits per heavy atom. The maximum atomic E-state index is 10.1.